The molecule has 23 heavy (non-hydrogen) atoms. The van der Waals surface area contributed by atoms with Crippen molar-refractivity contribution in [2.75, 3.05) is 20.2 Å². The summed E-state index contributed by atoms with van der Waals surface area (Å²) >= 11 is 3.50. The second-order valence-electron chi connectivity index (χ2n) is 5.36. The quantitative estimate of drug-likeness (QED) is 0.611. The van der Waals surface area contributed by atoms with Crippen molar-refractivity contribution in [3.8, 4) is 5.88 Å². The van der Waals surface area contributed by atoms with Crippen molar-refractivity contribution >= 4 is 21.8 Å². The summed E-state index contributed by atoms with van der Waals surface area (Å²) in [6.45, 7) is 5.28. The summed E-state index contributed by atoms with van der Waals surface area (Å²) in [7, 11) is 1.90. The zero-order chi connectivity index (χ0) is 16.8. The molecule has 122 valence electrons. The summed E-state index contributed by atoms with van der Waals surface area (Å²) < 4.78 is 6.58. The van der Waals surface area contributed by atoms with Gasteiger partial charge in [0.15, 0.2) is 0 Å². The fourth-order valence-corrected chi connectivity index (χ4v) is 2.61. The first-order chi connectivity index (χ1) is 11.0. The van der Waals surface area contributed by atoms with E-state index in [-0.39, 0.29) is 0 Å². The minimum atomic E-state index is 0.467. The van der Waals surface area contributed by atoms with Crippen LogP contribution >= 0.6 is 15.9 Å². The lowest BCUT2D eigenvalue weighted by molar-refractivity contribution is 0.306. The third-order valence-electron chi connectivity index (χ3n) is 3.72. The van der Waals surface area contributed by atoms with Crippen LogP contribution in [0.4, 0.5) is 0 Å². The number of pyridine rings is 1. The lowest BCUT2D eigenvalue weighted by atomic mass is 10.1. The van der Waals surface area contributed by atoms with Gasteiger partial charge in [-0.05, 0) is 41.4 Å². The fraction of sp³-hybridized carbons (Fsp3) is 0.333. The average molecular weight is 376 g/mol. The molecule has 1 aromatic heterocycles. The second kappa shape index (κ2) is 8.11. The summed E-state index contributed by atoms with van der Waals surface area (Å²) in [6.07, 6.45) is 0.837. The molecule has 2 rings (SSSR count). The van der Waals surface area contributed by atoms with Crippen molar-refractivity contribution in [1.29, 1.82) is 5.41 Å². The molecule has 0 saturated carbocycles. The molecule has 0 fully saturated rings. The molecule has 0 saturated heterocycles. The smallest absolute Gasteiger partial charge is 0.228 e. The Hall–Kier alpha value is -1.88. The molecular formula is C18H22BrN3O. The first kappa shape index (κ1) is 17.5. The number of rotatable bonds is 6. The van der Waals surface area contributed by atoms with Gasteiger partial charge in [-0.25, -0.2) is 4.98 Å². The van der Waals surface area contributed by atoms with Crippen molar-refractivity contribution in [2.45, 2.75) is 20.3 Å². The zero-order valence-electron chi connectivity index (χ0n) is 13.8. The summed E-state index contributed by atoms with van der Waals surface area (Å²) in [5, 5.41) is 8.22. The Bertz CT molecular complexity index is 673. The molecule has 0 radical (unpaired) electrons. The van der Waals surface area contributed by atoms with Gasteiger partial charge in [0.1, 0.15) is 5.84 Å². The molecule has 5 heteroatoms. The highest BCUT2D eigenvalue weighted by molar-refractivity contribution is 9.10. The highest BCUT2D eigenvalue weighted by Gasteiger charge is 2.14. The van der Waals surface area contributed by atoms with E-state index in [0.29, 0.717) is 18.3 Å². The van der Waals surface area contributed by atoms with E-state index in [1.165, 1.54) is 5.56 Å². The largest absolute Gasteiger partial charge is 0.477 e. The standard InChI is InChI=1S/C18H22BrN3O/c1-4-22(3)17(20)15-12-16(19)18(21-13(15)2)23-11-10-14-8-6-5-7-9-14/h5-9,12,20H,4,10-11H2,1-3H3. The number of amidine groups is 1. The van der Waals surface area contributed by atoms with E-state index in [1.54, 1.807) is 0 Å². The minimum Gasteiger partial charge on any atom is -0.477 e. The molecule has 0 spiro atoms. The lowest BCUT2D eigenvalue weighted by Crippen LogP contribution is -2.27. The van der Waals surface area contributed by atoms with Crippen LogP contribution < -0.4 is 4.74 Å². The van der Waals surface area contributed by atoms with Crippen LogP contribution in [0.5, 0.6) is 5.88 Å². The molecule has 2 aromatic rings. The van der Waals surface area contributed by atoms with Crippen molar-refractivity contribution in [1.82, 2.24) is 9.88 Å². The molecule has 0 atom stereocenters. The Morgan fingerprint density at radius 1 is 1.30 bits per heavy atom. The van der Waals surface area contributed by atoms with Gasteiger partial charge in [-0.1, -0.05) is 30.3 Å². The highest BCUT2D eigenvalue weighted by atomic mass is 79.9. The first-order valence-corrected chi connectivity index (χ1v) is 8.46. The number of nitrogens with zero attached hydrogens (tertiary/aromatic N) is 2. The monoisotopic (exact) mass is 375 g/mol. The van der Waals surface area contributed by atoms with Crippen molar-refractivity contribution < 1.29 is 4.74 Å². The molecule has 0 aliphatic rings. The fourth-order valence-electron chi connectivity index (χ4n) is 2.17. The molecule has 0 amide bonds. The van der Waals surface area contributed by atoms with Gasteiger partial charge in [-0.2, -0.15) is 0 Å². The van der Waals surface area contributed by atoms with Gasteiger partial charge in [-0.15, -0.1) is 0 Å². The summed E-state index contributed by atoms with van der Waals surface area (Å²) in [5.41, 5.74) is 2.85. The van der Waals surface area contributed by atoms with Crippen LogP contribution in [0, 0.1) is 12.3 Å². The molecule has 0 unspecified atom stereocenters. The maximum Gasteiger partial charge on any atom is 0.228 e. The second-order valence-corrected chi connectivity index (χ2v) is 6.21. The third-order valence-corrected chi connectivity index (χ3v) is 4.29. The molecule has 0 aliphatic carbocycles. The molecule has 1 aromatic carbocycles. The van der Waals surface area contributed by atoms with Gasteiger partial charge < -0.3 is 9.64 Å². The summed E-state index contributed by atoms with van der Waals surface area (Å²) in [5.74, 6) is 1.04. The lowest BCUT2D eigenvalue weighted by Gasteiger charge is -2.19. The van der Waals surface area contributed by atoms with Gasteiger partial charge >= 0.3 is 0 Å². The molecule has 4 nitrogen and oxygen atoms in total. The number of aryl methyl sites for hydroxylation is 1. The van der Waals surface area contributed by atoms with Crippen LogP contribution in [-0.4, -0.2) is 35.9 Å². The number of hydrogen-bond donors (Lipinski definition) is 1. The number of ether oxygens (including phenoxy) is 1. The van der Waals surface area contributed by atoms with Crippen molar-refractivity contribution in [3.05, 3.63) is 57.7 Å². The molecule has 0 aliphatic heterocycles. The van der Waals surface area contributed by atoms with Crippen LogP contribution in [0.15, 0.2) is 40.9 Å². The van der Waals surface area contributed by atoms with E-state index in [2.05, 4.69) is 33.0 Å². The molecular weight excluding hydrogens is 354 g/mol. The van der Waals surface area contributed by atoms with Crippen LogP contribution in [0.25, 0.3) is 0 Å². The molecule has 0 bridgehead atoms. The van der Waals surface area contributed by atoms with Crippen LogP contribution in [0.2, 0.25) is 0 Å². The highest BCUT2D eigenvalue weighted by Crippen LogP contribution is 2.26. The van der Waals surface area contributed by atoms with E-state index >= 15 is 0 Å². The van der Waals surface area contributed by atoms with Crippen LogP contribution in [0.3, 0.4) is 0 Å². The van der Waals surface area contributed by atoms with E-state index in [1.807, 2.05) is 50.1 Å². The molecule has 1 heterocycles. The number of hydrogen-bond acceptors (Lipinski definition) is 3. The Morgan fingerprint density at radius 3 is 2.65 bits per heavy atom. The third kappa shape index (κ3) is 4.55. The van der Waals surface area contributed by atoms with Crippen LogP contribution in [-0.2, 0) is 6.42 Å². The number of benzene rings is 1. The summed E-state index contributed by atoms with van der Waals surface area (Å²) in [6, 6.07) is 12.1. The van der Waals surface area contributed by atoms with Gasteiger partial charge in [0.2, 0.25) is 5.88 Å². The van der Waals surface area contributed by atoms with Crippen LogP contribution in [0.1, 0.15) is 23.7 Å². The van der Waals surface area contributed by atoms with E-state index in [4.69, 9.17) is 10.1 Å². The SMILES string of the molecule is CCN(C)C(=N)c1cc(Br)c(OCCc2ccccc2)nc1C. The number of aromatic nitrogens is 1. The van der Waals surface area contributed by atoms with Crippen molar-refractivity contribution in [2.24, 2.45) is 0 Å². The predicted octanol–water partition coefficient (Wildman–Crippen LogP) is 4.05. The maximum atomic E-state index is 8.22. The van der Waals surface area contributed by atoms with E-state index in [0.717, 1.165) is 28.7 Å². The van der Waals surface area contributed by atoms with Gasteiger partial charge in [-0.3, -0.25) is 5.41 Å². The Balaban J connectivity index is 2.06. The predicted molar refractivity (Wildman–Crippen MR) is 97.4 cm³/mol. The van der Waals surface area contributed by atoms with Gasteiger partial charge in [0, 0.05) is 25.6 Å². The molecule has 1 N–H and O–H groups in total. The normalized spacial score (nSPS) is 10.4. The first-order valence-electron chi connectivity index (χ1n) is 7.66. The van der Waals surface area contributed by atoms with Crippen molar-refractivity contribution in [3.63, 3.8) is 0 Å². The minimum absolute atomic E-state index is 0.467. The average Bonchev–Trinajstić information content (AvgIpc) is 2.57. The zero-order valence-corrected chi connectivity index (χ0v) is 15.4. The van der Waals surface area contributed by atoms with Gasteiger partial charge in [0.05, 0.1) is 16.8 Å². The summed E-state index contributed by atoms with van der Waals surface area (Å²) in [4.78, 5) is 6.39. The Labute approximate surface area is 146 Å². The Kier molecular flexibility index (Phi) is 6.16. The topological polar surface area (TPSA) is 49.2 Å². The maximum absolute atomic E-state index is 8.22. The van der Waals surface area contributed by atoms with E-state index < -0.39 is 0 Å². The number of nitrogens with one attached hydrogen (secondary N) is 1. The van der Waals surface area contributed by atoms with Gasteiger partial charge in [0.25, 0.3) is 0 Å². The number of halogens is 1. The Morgan fingerprint density at radius 2 is 2.00 bits per heavy atom. The van der Waals surface area contributed by atoms with E-state index in [9.17, 15) is 0 Å².